The van der Waals surface area contributed by atoms with Gasteiger partial charge in [-0.15, -0.1) is 11.3 Å². The first-order chi connectivity index (χ1) is 7.22. The topological polar surface area (TPSA) is 20.2 Å². The first kappa shape index (κ1) is 10.9. The highest BCUT2D eigenvalue weighted by Crippen LogP contribution is 2.31. The smallest absolute Gasteiger partial charge is 0.114 e. The normalized spacial score (nSPS) is 13.0. The molecule has 0 bridgehead atoms. The Morgan fingerprint density at radius 2 is 2.13 bits per heavy atom. The molecule has 0 fully saturated rings. The van der Waals surface area contributed by atoms with Crippen LogP contribution in [0.2, 0.25) is 0 Å². The first-order valence-electron chi connectivity index (χ1n) is 5.01. The highest BCUT2D eigenvalue weighted by Gasteiger charge is 2.15. The molecule has 2 heterocycles. The van der Waals surface area contributed by atoms with Gasteiger partial charge in [-0.05, 0) is 47.4 Å². The highest BCUT2D eigenvalue weighted by molar-refractivity contribution is 7.12. The zero-order valence-corrected chi connectivity index (χ0v) is 10.5. The van der Waals surface area contributed by atoms with Gasteiger partial charge in [-0.1, -0.05) is 6.92 Å². The van der Waals surface area contributed by atoms with E-state index in [4.69, 9.17) is 0 Å². The molecule has 2 aromatic rings. The summed E-state index contributed by atoms with van der Waals surface area (Å²) in [5.74, 6) is 0. The van der Waals surface area contributed by atoms with E-state index in [2.05, 4.69) is 18.4 Å². The fraction of sp³-hybridized carbons (Fsp3) is 0.333. The molecule has 1 atom stereocenters. The van der Waals surface area contributed by atoms with Gasteiger partial charge in [0.2, 0.25) is 0 Å². The lowest BCUT2D eigenvalue weighted by Crippen LogP contribution is -1.96. The van der Waals surface area contributed by atoms with Gasteiger partial charge in [0, 0.05) is 9.75 Å². The Bertz CT molecular complexity index is 442. The van der Waals surface area contributed by atoms with Crippen LogP contribution in [0.25, 0.3) is 0 Å². The van der Waals surface area contributed by atoms with Gasteiger partial charge in [0.15, 0.2) is 0 Å². The largest absolute Gasteiger partial charge is 0.383 e. The Labute approximate surface area is 98.0 Å². The van der Waals surface area contributed by atoms with Gasteiger partial charge < -0.3 is 5.11 Å². The lowest BCUT2D eigenvalue weighted by Gasteiger charge is -2.07. The van der Waals surface area contributed by atoms with Crippen molar-refractivity contribution >= 4 is 22.7 Å². The molecule has 1 N–H and O–H groups in total. The minimum atomic E-state index is -0.443. The van der Waals surface area contributed by atoms with Crippen LogP contribution in [0.15, 0.2) is 22.9 Å². The van der Waals surface area contributed by atoms with Gasteiger partial charge in [-0.25, -0.2) is 0 Å². The van der Waals surface area contributed by atoms with E-state index in [9.17, 15) is 5.11 Å². The molecule has 0 aliphatic heterocycles. The Morgan fingerprint density at radius 3 is 2.67 bits per heavy atom. The predicted octanol–water partition coefficient (Wildman–Crippen LogP) is 3.76. The molecule has 0 aromatic carbocycles. The molecule has 2 rings (SSSR count). The molecule has 0 saturated heterocycles. The highest BCUT2D eigenvalue weighted by atomic mass is 32.1. The van der Waals surface area contributed by atoms with Crippen LogP contribution in [-0.2, 0) is 6.42 Å². The average molecular weight is 238 g/mol. The third-order valence-corrected chi connectivity index (χ3v) is 4.65. The van der Waals surface area contributed by atoms with Crippen LogP contribution < -0.4 is 0 Å². The molecular weight excluding hydrogens is 224 g/mol. The van der Waals surface area contributed by atoms with Crippen LogP contribution in [0.1, 0.15) is 33.9 Å². The summed E-state index contributed by atoms with van der Waals surface area (Å²) in [5.41, 5.74) is 2.23. The summed E-state index contributed by atoms with van der Waals surface area (Å²) >= 11 is 3.35. The second-order valence-corrected chi connectivity index (χ2v) is 5.51. The molecule has 0 aliphatic rings. The van der Waals surface area contributed by atoms with E-state index in [1.54, 1.807) is 22.7 Å². The molecule has 15 heavy (non-hydrogen) atoms. The van der Waals surface area contributed by atoms with Crippen molar-refractivity contribution in [3.8, 4) is 0 Å². The molecule has 0 saturated carbocycles. The third kappa shape index (κ3) is 2.14. The van der Waals surface area contributed by atoms with E-state index in [0.717, 1.165) is 16.9 Å². The van der Waals surface area contributed by atoms with E-state index in [1.807, 2.05) is 18.4 Å². The third-order valence-electron chi connectivity index (χ3n) is 2.49. The molecule has 0 amide bonds. The number of aliphatic hydroxyl groups is 1. The molecular formula is C12H14OS2. The standard InChI is InChI=1S/C12H14OS2/c1-3-9-4-5-11(15-9)12(13)10-7-14-6-8(10)2/h4-7,12-13H,3H2,1-2H3. The second kappa shape index (κ2) is 4.47. The molecule has 1 nitrogen and oxygen atoms in total. The molecule has 0 spiro atoms. The lowest BCUT2D eigenvalue weighted by molar-refractivity contribution is 0.224. The minimum Gasteiger partial charge on any atom is -0.383 e. The maximum absolute atomic E-state index is 10.2. The van der Waals surface area contributed by atoms with E-state index in [0.29, 0.717) is 0 Å². The van der Waals surface area contributed by atoms with E-state index < -0.39 is 6.10 Å². The molecule has 0 radical (unpaired) electrons. The zero-order valence-electron chi connectivity index (χ0n) is 8.86. The fourth-order valence-electron chi connectivity index (χ4n) is 1.54. The van der Waals surface area contributed by atoms with Crippen molar-refractivity contribution in [1.29, 1.82) is 0 Å². The summed E-state index contributed by atoms with van der Waals surface area (Å²) in [5, 5.41) is 14.3. The van der Waals surface area contributed by atoms with Gasteiger partial charge in [-0.3, -0.25) is 0 Å². The molecule has 3 heteroatoms. The van der Waals surface area contributed by atoms with Crippen molar-refractivity contribution in [1.82, 2.24) is 0 Å². The van der Waals surface area contributed by atoms with E-state index >= 15 is 0 Å². The van der Waals surface area contributed by atoms with Crippen LogP contribution in [0.5, 0.6) is 0 Å². The number of aliphatic hydroxyl groups excluding tert-OH is 1. The summed E-state index contributed by atoms with van der Waals surface area (Å²) < 4.78 is 0. The molecule has 80 valence electrons. The SMILES string of the molecule is CCc1ccc(C(O)c2cscc2C)s1. The minimum absolute atomic E-state index is 0.443. The van der Waals surface area contributed by atoms with Crippen LogP contribution in [0.3, 0.4) is 0 Å². The summed E-state index contributed by atoms with van der Waals surface area (Å²) in [4.78, 5) is 2.38. The van der Waals surface area contributed by atoms with Gasteiger partial charge in [0.05, 0.1) is 0 Å². The van der Waals surface area contributed by atoms with Crippen molar-refractivity contribution < 1.29 is 5.11 Å². The fourth-order valence-corrected chi connectivity index (χ4v) is 3.36. The number of thiophene rings is 2. The van der Waals surface area contributed by atoms with E-state index in [-0.39, 0.29) is 0 Å². The maximum atomic E-state index is 10.2. The Morgan fingerprint density at radius 1 is 1.33 bits per heavy atom. The van der Waals surface area contributed by atoms with Crippen LogP contribution >= 0.6 is 22.7 Å². The molecule has 1 unspecified atom stereocenters. The Kier molecular flexibility index (Phi) is 3.24. The zero-order chi connectivity index (χ0) is 10.8. The van der Waals surface area contributed by atoms with Crippen LogP contribution in [0.4, 0.5) is 0 Å². The Balaban J connectivity index is 2.28. The van der Waals surface area contributed by atoms with Gasteiger partial charge in [-0.2, -0.15) is 11.3 Å². The maximum Gasteiger partial charge on any atom is 0.114 e. The number of hydrogen-bond acceptors (Lipinski definition) is 3. The van der Waals surface area contributed by atoms with Crippen molar-refractivity contribution in [2.45, 2.75) is 26.4 Å². The number of rotatable bonds is 3. The van der Waals surface area contributed by atoms with Crippen LogP contribution in [0, 0.1) is 6.92 Å². The quantitative estimate of drug-likeness (QED) is 0.863. The predicted molar refractivity (Wildman–Crippen MR) is 66.8 cm³/mol. The monoisotopic (exact) mass is 238 g/mol. The second-order valence-electron chi connectivity index (χ2n) is 3.57. The number of hydrogen-bond donors (Lipinski definition) is 1. The average Bonchev–Trinajstić information content (AvgIpc) is 2.84. The molecule has 2 aromatic heterocycles. The van der Waals surface area contributed by atoms with Gasteiger partial charge in [0.1, 0.15) is 6.10 Å². The van der Waals surface area contributed by atoms with Crippen molar-refractivity contribution in [2.75, 3.05) is 0 Å². The number of aryl methyl sites for hydroxylation is 2. The van der Waals surface area contributed by atoms with Crippen molar-refractivity contribution in [3.05, 3.63) is 43.8 Å². The van der Waals surface area contributed by atoms with Gasteiger partial charge in [0.25, 0.3) is 0 Å². The van der Waals surface area contributed by atoms with Crippen LogP contribution in [-0.4, -0.2) is 5.11 Å². The molecule has 0 aliphatic carbocycles. The van der Waals surface area contributed by atoms with Gasteiger partial charge >= 0.3 is 0 Å². The van der Waals surface area contributed by atoms with Crippen molar-refractivity contribution in [2.24, 2.45) is 0 Å². The Hall–Kier alpha value is -0.640. The lowest BCUT2D eigenvalue weighted by atomic mass is 10.1. The summed E-state index contributed by atoms with van der Waals surface area (Å²) in [6.45, 7) is 4.18. The van der Waals surface area contributed by atoms with E-state index in [1.165, 1.54) is 10.4 Å². The summed E-state index contributed by atoms with van der Waals surface area (Å²) in [7, 11) is 0. The summed E-state index contributed by atoms with van der Waals surface area (Å²) in [6.07, 6.45) is 0.599. The first-order valence-corrected chi connectivity index (χ1v) is 6.77. The van der Waals surface area contributed by atoms with Crippen molar-refractivity contribution in [3.63, 3.8) is 0 Å². The summed E-state index contributed by atoms with van der Waals surface area (Å²) in [6, 6.07) is 4.14.